The Bertz CT molecular complexity index is 1210. The van der Waals surface area contributed by atoms with Crippen molar-refractivity contribution in [3.8, 4) is 6.07 Å². The molecule has 1 aliphatic rings. The lowest BCUT2D eigenvalue weighted by molar-refractivity contribution is 0.0781. The minimum atomic E-state index is -0.853. The summed E-state index contributed by atoms with van der Waals surface area (Å²) in [6.45, 7) is 8.01. The quantitative estimate of drug-likeness (QED) is 0.326. The zero-order valence-corrected chi connectivity index (χ0v) is 23.4. The average molecular weight is 550 g/mol. The number of hydrogen-bond donors (Lipinski definition) is 3. The molecule has 2 aromatic carbocycles. The van der Waals surface area contributed by atoms with E-state index in [1.165, 1.54) is 0 Å². The maximum atomic E-state index is 12.5. The van der Waals surface area contributed by atoms with Crippen molar-refractivity contribution in [2.24, 2.45) is 32.5 Å². The monoisotopic (exact) mass is 549 g/mol. The molecule has 40 heavy (non-hydrogen) atoms. The number of alkyl carbamates (subject to hydrolysis) is 1. The first kappa shape index (κ1) is 30.4. The first-order chi connectivity index (χ1) is 19.0. The van der Waals surface area contributed by atoms with Crippen molar-refractivity contribution in [3.63, 3.8) is 0 Å². The van der Waals surface area contributed by atoms with E-state index >= 15 is 0 Å². The molecule has 11 nitrogen and oxygen atoms in total. The Morgan fingerprint density at radius 2 is 1.57 bits per heavy atom. The third-order valence-corrected chi connectivity index (χ3v) is 6.83. The van der Waals surface area contributed by atoms with Crippen LogP contribution in [0.5, 0.6) is 0 Å². The predicted octanol–water partition coefficient (Wildman–Crippen LogP) is 5.15. The standard InChI is InChI=1S/C29H39N7O4/c1-28(2)16-22(31)17-29(3,19-28)20-33-27(38)40-15-13-36(12-14-39-26(32)37)25-10-8-24(9-11-25)35-34-23-6-4-21(18-30)5-7-23/h4-11,22H,12-17,19-20,31H2,1-3H3,(H2,32,37)(H,33,38). The lowest BCUT2D eigenvalue weighted by atomic mass is 9.63. The number of rotatable bonds is 11. The number of amides is 2. The Morgan fingerprint density at radius 3 is 2.12 bits per heavy atom. The van der Waals surface area contributed by atoms with Crippen molar-refractivity contribution < 1.29 is 19.1 Å². The number of nitrogens with one attached hydrogen (secondary N) is 1. The van der Waals surface area contributed by atoms with Crippen LogP contribution in [0.2, 0.25) is 0 Å². The van der Waals surface area contributed by atoms with Crippen LogP contribution in [0.4, 0.5) is 26.7 Å². The molecule has 2 unspecified atom stereocenters. The van der Waals surface area contributed by atoms with Crippen molar-refractivity contribution in [2.75, 3.05) is 37.7 Å². The molecule has 3 rings (SSSR count). The summed E-state index contributed by atoms with van der Waals surface area (Å²) in [6.07, 6.45) is 1.47. The van der Waals surface area contributed by atoms with E-state index in [1.54, 1.807) is 36.4 Å². The number of azo groups is 1. The second-order valence-corrected chi connectivity index (χ2v) is 11.3. The van der Waals surface area contributed by atoms with Crippen LogP contribution in [0.25, 0.3) is 0 Å². The highest BCUT2D eigenvalue weighted by Crippen LogP contribution is 2.45. The van der Waals surface area contributed by atoms with Crippen LogP contribution < -0.4 is 21.7 Å². The van der Waals surface area contributed by atoms with Crippen molar-refractivity contribution in [1.29, 1.82) is 5.26 Å². The number of nitrogens with two attached hydrogens (primary N) is 2. The second kappa shape index (κ2) is 13.8. The fraction of sp³-hybridized carbons (Fsp3) is 0.483. The van der Waals surface area contributed by atoms with E-state index in [1.807, 2.05) is 17.0 Å². The van der Waals surface area contributed by atoms with Crippen LogP contribution in [-0.2, 0) is 9.47 Å². The van der Waals surface area contributed by atoms with Crippen molar-refractivity contribution in [2.45, 2.75) is 46.1 Å². The van der Waals surface area contributed by atoms with Gasteiger partial charge in [-0.15, -0.1) is 0 Å². The van der Waals surface area contributed by atoms with Gasteiger partial charge in [0.05, 0.1) is 36.1 Å². The van der Waals surface area contributed by atoms with Crippen LogP contribution in [0.3, 0.4) is 0 Å². The summed E-state index contributed by atoms with van der Waals surface area (Å²) in [5.41, 5.74) is 14.1. The van der Waals surface area contributed by atoms with E-state index in [9.17, 15) is 9.59 Å². The maximum Gasteiger partial charge on any atom is 0.407 e. The Labute approximate surface area is 235 Å². The molecule has 1 fully saturated rings. The minimum Gasteiger partial charge on any atom is -0.448 e. The van der Waals surface area contributed by atoms with Crippen molar-refractivity contribution in [1.82, 2.24) is 5.32 Å². The molecular formula is C29H39N7O4. The first-order valence-electron chi connectivity index (χ1n) is 13.3. The summed E-state index contributed by atoms with van der Waals surface area (Å²) >= 11 is 0. The van der Waals surface area contributed by atoms with Crippen LogP contribution in [-0.4, -0.2) is 51.1 Å². The highest BCUT2D eigenvalue weighted by Gasteiger charge is 2.40. The van der Waals surface area contributed by atoms with Gasteiger partial charge in [-0.2, -0.15) is 15.5 Å². The molecule has 11 heteroatoms. The van der Waals surface area contributed by atoms with Gasteiger partial charge in [0.1, 0.15) is 13.2 Å². The molecule has 5 N–H and O–H groups in total. The van der Waals surface area contributed by atoms with Crippen LogP contribution >= 0.6 is 0 Å². The lowest BCUT2D eigenvalue weighted by Crippen LogP contribution is -2.47. The summed E-state index contributed by atoms with van der Waals surface area (Å²) in [7, 11) is 0. The van der Waals surface area contributed by atoms with E-state index in [4.69, 9.17) is 26.2 Å². The molecule has 2 atom stereocenters. The lowest BCUT2D eigenvalue weighted by Gasteiger charge is -2.45. The van der Waals surface area contributed by atoms with Crippen molar-refractivity contribution in [3.05, 3.63) is 54.1 Å². The average Bonchev–Trinajstić information content (AvgIpc) is 2.89. The molecule has 2 amide bonds. The summed E-state index contributed by atoms with van der Waals surface area (Å²) in [5, 5.41) is 20.2. The molecule has 0 aromatic heterocycles. The molecule has 0 radical (unpaired) electrons. The van der Waals surface area contributed by atoms with Gasteiger partial charge in [0.15, 0.2) is 0 Å². The van der Waals surface area contributed by atoms with E-state index in [0.29, 0.717) is 36.6 Å². The van der Waals surface area contributed by atoms with Crippen molar-refractivity contribution >= 4 is 29.2 Å². The Morgan fingerprint density at radius 1 is 1.00 bits per heavy atom. The van der Waals surface area contributed by atoms with Gasteiger partial charge in [-0.25, -0.2) is 9.59 Å². The highest BCUT2D eigenvalue weighted by atomic mass is 16.6. The number of primary amides is 1. The van der Waals surface area contributed by atoms with Gasteiger partial charge in [0.2, 0.25) is 0 Å². The molecule has 0 bridgehead atoms. The molecule has 2 aromatic rings. The third-order valence-electron chi connectivity index (χ3n) is 6.83. The van der Waals surface area contributed by atoms with Gasteiger partial charge >= 0.3 is 12.2 Å². The SMILES string of the molecule is CC1(C)CC(N)CC(C)(CNC(=O)OCCN(CCOC(N)=O)c2ccc(N=Nc3ccc(C#N)cc3)cc2)C1. The Balaban J connectivity index is 1.54. The van der Waals surface area contributed by atoms with E-state index in [-0.39, 0.29) is 30.1 Å². The molecule has 0 spiro atoms. The summed E-state index contributed by atoms with van der Waals surface area (Å²) in [5.74, 6) is 0. The minimum absolute atomic E-state index is 0.0794. The number of hydrogen-bond acceptors (Lipinski definition) is 9. The maximum absolute atomic E-state index is 12.5. The number of anilines is 1. The summed E-state index contributed by atoms with van der Waals surface area (Å²) < 4.78 is 10.4. The van der Waals surface area contributed by atoms with Crippen LogP contribution in [0.1, 0.15) is 45.6 Å². The summed E-state index contributed by atoms with van der Waals surface area (Å²) in [6, 6.07) is 16.3. The highest BCUT2D eigenvalue weighted by molar-refractivity contribution is 5.67. The molecule has 0 saturated heterocycles. The number of nitrogens with zero attached hydrogens (tertiary/aromatic N) is 4. The van der Waals surface area contributed by atoms with Gasteiger partial charge in [-0.1, -0.05) is 20.8 Å². The molecular weight excluding hydrogens is 510 g/mol. The van der Waals surface area contributed by atoms with Gasteiger partial charge in [0, 0.05) is 18.3 Å². The van der Waals surface area contributed by atoms with Crippen LogP contribution in [0.15, 0.2) is 58.8 Å². The molecule has 0 heterocycles. The number of ether oxygens (including phenoxy) is 2. The van der Waals surface area contributed by atoms with Crippen LogP contribution in [0, 0.1) is 22.2 Å². The number of carbonyl (C=O) groups is 2. The number of benzene rings is 2. The van der Waals surface area contributed by atoms with E-state index in [0.717, 1.165) is 24.9 Å². The first-order valence-corrected chi connectivity index (χ1v) is 13.3. The van der Waals surface area contributed by atoms with Gasteiger partial charge in [0.25, 0.3) is 0 Å². The van der Waals surface area contributed by atoms with E-state index in [2.05, 4.69) is 42.4 Å². The zero-order chi connectivity index (χ0) is 29.2. The topological polar surface area (TPSA) is 168 Å². The fourth-order valence-corrected chi connectivity index (χ4v) is 5.51. The molecule has 1 aliphatic carbocycles. The molecule has 214 valence electrons. The Hall–Kier alpha value is -4.17. The third kappa shape index (κ3) is 9.85. The number of nitriles is 1. The fourth-order valence-electron chi connectivity index (χ4n) is 5.51. The smallest absolute Gasteiger partial charge is 0.407 e. The normalized spacial score (nSPS) is 19.9. The van der Waals surface area contributed by atoms with Gasteiger partial charge in [-0.3, -0.25) is 0 Å². The summed E-state index contributed by atoms with van der Waals surface area (Å²) in [4.78, 5) is 25.4. The number of carbonyl (C=O) groups excluding carboxylic acids is 2. The van der Waals surface area contributed by atoms with E-state index < -0.39 is 12.2 Å². The zero-order valence-electron chi connectivity index (χ0n) is 23.4. The molecule has 1 saturated carbocycles. The van der Waals surface area contributed by atoms with Gasteiger partial charge in [-0.05, 0) is 78.6 Å². The Kier molecular flexibility index (Phi) is 10.4. The predicted molar refractivity (Wildman–Crippen MR) is 153 cm³/mol. The molecule has 0 aliphatic heterocycles. The largest absolute Gasteiger partial charge is 0.448 e. The second-order valence-electron chi connectivity index (χ2n) is 11.3. The van der Waals surface area contributed by atoms with Gasteiger partial charge < -0.3 is 31.2 Å².